The highest BCUT2D eigenvalue weighted by Gasteiger charge is 1.94. The minimum absolute atomic E-state index is 0.369. The van der Waals surface area contributed by atoms with Crippen molar-refractivity contribution in [1.29, 1.82) is 0 Å². The van der Waals surface area contributed by atoms with Gasteiger partial charge in [-0.1, -0.05) is 0 Å². The molecule has 0 spiro atoms. The van der Waals surface area contributed by atoms with Crippen LogP contribution in [0.25, 0.3) is 6.08 Å². The predicted molar refractivity (Wildman–Crippen MR) is 54.3 cm³/mol. The van der Waals surface area contributed by atoms with Crippen LogP contribution in [0, 0.1) is 0 Å². The molecule has 74 valence electrons. The van der Waals surface area contributed by atoms with Gasteiger partial charge >= 0.3 is 5.97 Å². The van der Waals surface area contributed by atoms with Crippen LogP contribution < -0.4 is 5.73 Å². The van der Waals surface area contributed by atoms with Gasteiger partial charge in [0, 0.05) is 18.0 Å². The molecule has 0 fully saturated rings. The molecule has 1 aromatic rings. The standard InChI is InChI=1S/C10H12N2O2/c1-2-14-10(13)4-3-9-7-8(11)5-6-12-9/h3-7H,2H2,1H3,(H2,11,12). The Bertz CT molecular complexity index is 348. The zero-order chi connectivity index (χ0) is 10.4. The second-order valence-corrected chi connectivity index (χ2v) is 2.60. The van der Waals surface area contributed by atoms with Gasteiger partial charge in [-0.3, -0.25) is 4.98 Å². The summed E-state index contributed by atoms with van der Waals surface area (Å²) in [5.41, 5.74) is 6.79. The summed E-state index contributed by atoms with van der Waals surface area (Å²) in [5.74, 6) is -0.378. The number of hydrogen-bond acceptors (Lipinski definition) is 4. The molecule has 0 atom stereocenters. The molecule has 1 rings (SSSR count). The second-order valence-electron chi connectivity index (χ2n) is 2.60. The number of ether oxygens (including phenoxy) is 1. The fourth-order valence-electron chi connectivity index (χ4n) is 0.900. The van der Waals surface area contributed by atoms with Gasteiger partial charge in [-0.05, 0) is 25.1 Å². The average Bonchev–Trinajstić information content (AvgIpc) is 2.15. The lowest BCUT2D eigenvalue weighted by Gasteiger charge is -1.96. The molecule has 0 aromatic carbocycles. The second kappa shape index (κ2) is 5.01. The van der Waals surface area contributed by atoms with E-state index in [1.807, 2.05) is 0 Å². The predicted octanol–water partition coefficient (Wildman–Crippen LogP) is 1.24. The van der Waals surface area contributed by atoms with Crippen LogP contribution in [0.2, 0.25) is 0 Å². The molecule has 0 amide bonds. The van der Waals surface area contributed by atoms with Crippen molar-refractivity contribution in [3.63, 3.8) is 0 Å². The number of nitrogens with zero attached hydrogens (tertiary/aromatic N) is 1. The van der Waals surface area contributed by atoms with Crippen molar-refractivity contribution in [2.24, 2.45) is 0 Å². The van der Waals surface area contributed by atoms with Gasteiger partial charge in [0.15, 0.2) is 0 Å². The van der Waals surface area contributed by atoms with E-state index in [1.165, 1.54) is 6.08 Å². The third-order valence-corrected chi connectivity index (χ3v) is 1.48. The van der Waals surface area contributed by atoms with Crippen molar-refractivity contribution < 1.29 is 9.53 Å². The van der Waals surface area contributed by atoms with E-state index in [0.29, 0.717) is 18.0 Å². The van der Waals surface area contributed by atoms with E-state index in [9.17, 15) is 4.79 Å². The molecule has 1 aromatic heterocycles. The van der Waals surface area contributed by atoms with Crippen molar-refractivity contribution in [3.8, 4) is 0 Å². The van der Waals surface area contributed by atoms with Crippen LogP contribution in [-0.4, -0.2) is 17.6 Å². The van der Waals surface area contributed by atoms with Crippen molar-refractivity contribution >= 4 is 17.7 Å². The van der Waals surface area contributed by atoms with E-state index in [4.69, 9.17) is 10.5 Å². The molecular weight excluding hydrogens is 180 g/mol. The van der Waals surface area contributed by atoms with Crippen LogP contribution in [0.15, 0.2) is 24.4 Å². The summed E-state index contributed by atoms with van der Waals surface area (Å²) >= 11 is 0. The van der Waals surface area contributed by atoms with Crippen LogP contribution in [0.1, 0.15) is 12.6 Å². The van der Waals surface area contributed by atoms with Gasteiger partial charge < -0.3 is 10.5 Å². The topological polar surface area (TPSA) is 65.2 Å². The van der Waals surface area contributed by atoms with E-state index in [-0.39, 0.29) is 5.97 Å². The number of carbonyl (C=O) groups excluding carboxylic acids is 1. The van der Waals surface area contributed by atoms with Gasteiger partial charge in [-0.2, -0.15) is 0 Å². The molecule has 0 aliphatic heterocycles. The minimum Gasteiger partial charge on any atom is -0.463 e. The quantitative estimate of drug-likeness (QED) is 0.578. The lowest BCUT2D eigenvalue weighted by Crippen LogP contribution is -1.98. The zero-order valence-corrected chi connectivity index (χ0v) is 7.93. The van der Waals surface area contributed by atoms with Crippen molar-refractivity contribution in [3.05, 3.63) is 30.1 Å². The third kappa shape index (κ3) is 3.26. The molecule has 0 saturated heterocycles. The molecule has 0 radical (unpaired) electrons. The minimum atomic E-state index is -0.378. The number of esters is 1. The van der Waals surface area contributed by atoms with E-state index >= 15 is 0 Å². The van der Waals surface area contributed by atoms with Crippen LogP contribution in [0.4, 0.5) is 5.69 Å². The van der Waals surface area contributed by atoms with Gasteiger partial charge in [0.25, 0.3) is 0 Å². The lowest BCUT2D eigenvalue weighted by molar-refractivity contribution is -0.137. The number of rotatable bonds is 3. The first kappa shape index (κ1) is 10.2. The normalized spacial score (nSPS) is 10.4. The van der Waals surface area contributed by atoms with Crippen LogP contribution in [0.5, 0.6) is 0 Å². The highest BCUT2D eigenvalue weighted by Crippen LogP contribution is 2.04. The smallest absolute Gasteiger partial charge is 0.330 e. The van der Waals surface area contributed by atoms with E-state index in [2.05, 4.69) is 4.98 Å². The Kier molecular flexibility index (Phi) is 3.67. The Morgan fingerprint density at radius 1 is 1.71 bits per heavy atom. The Hall–Kier alpha value is -1.84. The number of anilines is 1. The SMILES string of the molecule is CCOC(=O)C=Cc1cc(N)ccn1. The zero-order valence-electron chi connectivity index (χ0n) is 7.93. The monoisotopic (exact) mass is 192 g/mol. The molecule has 0 saturated carbocycles. The Morgan fingerprint density at radius 2 is 2.50 bits per heavy atom. The Morgan fingerprint density at radius 3 is 3.14 bits per heavy atom. The summed E-state index contributed by atoms with van der Waals surface area (Å²) in [5, 5.41) is 0. The van der Waals surface area contributed by atoms with E-state index in [0.717, 1.165) is 0 Å². The van der Waals surface area contributed by atoms with Crippen molar-refractivity contribution in [2.45, 2.75) is 6.92 Å². The first-order chi connectivity index (χ1) is 6.72. The molecular formula is C10H12N2O2. The van der Waals surface area contributed by atoms with E-state index in [1.54, 1.807) is 31.3 Å². The molecule has 0 unspecified atom stereocenters. The van der Waals surface area contributed by atoms with Crippen LogP contribution in [0.3, 0.4) is 0 Å². The number of nitrogens with two attached hydrogens (primary N) is 1. The summed E-state index contributed by atoms with van der Waals surface area (Å²) in [6.45, 7) is 2.12. The van der Waals surface area contributed by atoms with Crippen molar-refractivity contribution in [2.75, 3.05) is 12.3 Å². The molecule has 0 aliphatic carbocycles. The Balaban J connectivity index is 2.64. The highest BCUT2D eigenvalue weighted by molar-refractivity contribution is 5.86. The molecule has 4 nitrogen and oxygen atoms in total. The molecule has 4 heteroatoms. The maximum atomic E-state index is 10.9. The maximum Gasteiger partial charge on any atom is 0.330 e. The molecule has 1 heterocycles. The fraction of sp³-hybridized carbons (Fsp3) is 0.200. The molecule has 2 N–H and O–H groups in total. The maximum absolute atomic E-state index is 10.9. The summed E-state index contributed by atoms with van der Waals surface area (Å²) in [4.78, 5) is 14.9. The number of pyridine rings is 1. The van der Waals surface area contributed by atoms with Crippen LogP contribution >= 0.6 is 0 Å². The van der Waals surface area contributed by atoms with Crippen LogP contribution in [-0.2, 0) is 9.53 Å². The van der Waals surface area contributed by atoms with Gasteiger partial charge in [-0.25, -0.2) is 4.79 Å². The number of nitrogen functional groups attached to an aromatic ring is 1. The summed E-state index contributed by atoms with van der Waals surface area (Å²) in [7, 11) is 0. The van der Waals surface area contributed by atoms with Gasteiger partial charge in [-0.15, -0.1) is 0 Å². The van der Waals surface area contributed by atoms with Gasteiger partial charge in [0.2, 0.25) is 0 Å². The number of carbonyl (C=O) groups is 1. The summed E-state index contributed by atoms with van der Waals surface area (Å²) in [6.07, 6.45) is 4.47. The summed E-state index contributed by atoms with van der Waals surface area (Å²) < 4.78 is 4.71. The van der Waals surface area contributed by atoms with Gasteiger partial charge in [0.05, 0.1) is 12.3 Å². The largest absolute Gasteiger partial charge is 0.463 e. The van der Waals surface area contributed by atoms with Crippen molar-refractivity contribution in [1.82, 2.24) is 4.98 Å². The first-order valence-electron chi connectivity index (χ1n) is 4.28. The van der Waals surface area contributed by atoms with E-state index < -0.39 is 0 Å². The lowest BCUT2D eigenvalue weighted by atomic mass is 10.3. The fourth-order valence-corrected chi connectivity index (χ4v) is 0.900. The Labute approximate surface area is 82.4 Å². The molecule has 0 bridgehead atoms. The average molecular weight is 192 g/mol. The molecule has 14 heavy (non-hydrogen) atoms. The first-order valence-corrected chi connectivity index (χ1v) is 4.28. The number of aromatic nitrogens is 1. The van der Waals surface area contributed by atoms with Gasteiger partial charge in [0.1, 0.15) is 0 Å². The third-order valence-electron chi connectivity index (χ3n) is 1.48. The molecule has 0 aliphatic rings. The summed E-state index contributed by atoms with van der Waals surface area (Å²) in [6, 6.07) is 3.36. The number of hydrogen-bond donors (Lipinski definition) is 1. The highest BCUT2D eigenvalue weighted by atomic mass is 16.5.